The number of aromatic amines is 1. The second-order valence-corrected chi connectivity index (χ2v) is 27.0. The standard InChI is InChI=1S/C65H74ClN11O10S/c1-65(2)22-20-45(53(37-65)43-8-10-46(66)11-9-43)40-73-26-30-75(31-27-73)48-14-16-52(59(35-48)87-49-34-44-21-23-67-61(44)69-39-49)62(79)71-88(84,85)50-15-17-55(57(36-50)77(82)83)68-38-42-6-12-47(13-7-42)74-28-24-72(25-29-74)32-33-86-58-5-3-4-51-54(58)41-76(64(51)81)56-18-19-60(78)70-63(56)80/h3-5,8-11,14-17,21,23,34-36,39,42,47,56,68H,6-7,12-13,18-20,22,24-33,37-38,40-41H2,1-2H3,(H,67,69)(H,71,79)(H,70,78,80). The van der Waals surface area contributed by atoms with Gasteiger partial charge < -0.3 is 29.6 Å². The largest absolute Gasteiger partial charge is 0.492 e. The number of sulfonamides is 1. The number of nitro benzene ring substituents is 1. The van der Waals surface area contributed by atoms with Gasteiger partial charge in [0.25, 0.3) is 27.5 Å². The van der Waals surface area contributed by atoms with Crippen LogP contribution in [0.15, 0.2) is 114 Å². The van der Waals surface area contributed by atoms with Gasteiger partial charge in [0.1, 0.15) is 41.2 Å². The van der Waals surface area contributed by atoms with Crippen molar-refractivity contribution in [2.45, 2.75) is 95.2 Å². The number of nitro groups is 1. The molecular formula is C65H74ClN11O10S. The Morgan fingerprint density at radius 2 is 1.64 bits per heavy atom. The molecule has 3 saturated heterocycles. The van der Waals surface area contributed by atoms with E-state index in [1.54, 1.807) is 42.6 Å². The predicted octanol–water partition coefficient (Wildman–Crippen LogP) is 9.25. The average molecular weight is 1240 g/mol. The van der Waals surface area contributed by atoms with Gasteiger partial charge in [0.2, 0.25) is 11.8 Å². The Morgan fingerprint density at radius 3 is 2.40 bits per heavy atom. The molecule has 1 atom stereocenters. The van der Waals surface area contributed by atoms with E-state index >= 15 is 0 Å². The highest BCUT2D eigenvalue weighted by Gasteiger charge is 2.41. The number of H-pyrrole nitrogens is 1. The van der Waals surface area contributed by atoms with Crippen LogP contribution in [0.2, 0.25) is 5.02 Å². The summed E-state index contributed by atoms with van der Waals surface area (Å²) in [6.07, 6.45) is 10.8. The Labute approximate surface area is 516 Å². The molecule has 6 aliphatic rings. The minimum atomic E-state index is -4.63. The number of nitrogens with zero attached hydrogens (tertiary/aromatic N) is 7. The van der Waals surface area contributed by atoms with Gasteiger partial charge in [0.05, 0.1) is 28.1 Å². The third kappa shape index (κ3) is 13.6. The fourth-order valence-corrected chi connectivity index (χ4v) is 14.6. The van der Waals surface area contributed by atoms with E-state index < -0.39 is 43.4 Å². The number of anilines is 2. The van der Waals surface area contributed by atoms with E-state index in [9.17, 15) is 37.7 Å². The number of rotatable bonds is 19. The molecule has 4 aliphatic heterocycles. The maximum absolute atomic E-state index is 14.2. The van der Waals surface area contributed by atoms with Crippen molar-refractivity contribution in [1.29, 1.82) is 0 Å². The van der Waals surface area contributed by atoms with Gasteiger partial charge in [0, 0.05) is 130 Å². The Bertz CT molecular complexity index is 3790. The van der Waals surface area contributed by atoms with E-state index in [0.717, 1.165) is 125 Å². The highest BCUT2D eigenvalue weighted by molar-refractivity contribution is 7.90. The molecule has 0 bridgehead atoms. The molecule has 4 fully saturated rings. The molecule has 4 aromatic carbocycles. The molecule has 1 unspecified atom stereocenters. The number of fused-ring (bicyclic) bond motifs is 2. The number of carbonyl (C=O) groups excluding carboxylic acids is 4. The fourth-order valence-electron chi connectivity index (χ4n) is 13.5. The number of nitrogens with one attached hydrogen (secondary N) is 4. The van der Waals surface area contributed by atoms with E-state index in [1.165, 1.54) is 39.9 Å². The summed E-state index contributed by atoms with van der Waals surface area (Å²) in [4.78, 5) is 81.9. The number of amides is 4. The number of hydrogen-bond donors (Lipinski definition) is 4. The molecule has 1 saturated carbocycles. The molecule has 12 rings (SSSR count). The maximum Gasteiger partial charge on any atom is 0.293 e. The van der Waals surface area contributed by atoms with Crippen molar-refractivity contribution in [3.05, 3.63) is 146 Å². The van der Waals surface area contributed by atoms with E-state index in [1.807, 2.05) is 24.3 Å². The highest BCUT2D eigenvalue weighted by Crippen LogP contribution is 2.44. The number of piperidine rings is 1. The smallest absolute Gasteiger partial charge is 0.293 e. The van der Waals surface area contributed by atoms with Crippen molar-refractivity contribution in [2.75, 3.05) is 88.8 Å². The Hall–Kier alpha value is -7.89. The first-order chi connectivity index (χ1) is 42.4. The van der Waals surface area contributed by atoms with Crippen LogP contribution in [0, 0.1) is 21.4 Å². The lowest BCUT2D eigenvalue weighted by atomic mass is 9.72. The van der Waals surface area contributed by atoms with Crippen LogP contribution in [0.4, 0.5) is 17.1 Å². The monoisotopic (exact) mass is 1240 g/mol. The molecule has 23 heteroatoms. The van der Waals surface area contributed by atoms with Gasteiger partial charge in [-0.25, -0.2) is 18.1 Å². The Morgan fingerprint density at radius 1 is 0.864 bits per heavy atom. The Balaban J connectivity index is 0.632. The SMILES string of the molecule is CC1(C)CCC(CN2CCN(c3ccc(C(=O)NS(=O)(=O)c4ccc(NCC5CCC(N6CCN(CCOc7cccc8c7CN(C7CCC(=O)NC7=O)C8=O)CC6)CC5)c([N+](=O)[O-])c4)c(Oc4cnc5[nH]ccc5c4)c3)CC2)=C(c2ccc(Cl)cc2)C1. The minimum Gasteiger partial charge on any atom is -0.492 e. The second kappa shape index (κ2) is 25.7. The molecule has 2 aliphatic carbocycles. The average Bonchev–Trinajstić information content (AvgIpc) is 2.66. The Kier molecular flexibility index (Phi) is 17.6. The van der Waals surface area contributed by atoms with Crippen LogP contribution in [0.3, 0.4) is 0 Å². The highest BCUT2D eigenvalue weighted by atomic mass is 35.5. The van der Waals surface area contributed by atoms with Crippen molar-refractivity contribution < 1.29 is 42.0 Å². The van der Waals surface area contributed by atoms with Crippen molar-refractivity contribution in [3.8, 4) is 17.2 Å². The number of imide groups is 1. The lowest BCUT2D eigenvalue weighted by molar-refractivity contribution is -0.384. The van der Waals surface area contributed by atoms with Crippen molar-refractivity contribution in [1.82, 2.24) is 39.6 Å². The molecule has 6 aromatic rings. The van der Waals surface area contributed by atoms with Gasteiger partial charge in [-0.05, 0) is 134 Å². The van der Waals surface area contributed by atoms with Crippen LogP contribution in [-0.4, -0.2) is 157 Å². The number of ether oxygens (including phenoxy) is 2. The maximum atomic E-state index is 14.2. The third-order valence-corrected chi connectivity index (χ3v) is 20.2. The second-order valence-electron chi connectivity index (χ2n) is 24.9. The van der Waals surface area contributed by atoms with Crippen LogP contribution in [0.5, 0.6) is 17.2 Å². The number of allylic oxidation sites excluding steroid dienone is 1. The van der Waals surface area contributed by atoms with Crippen LogP contribution < -0.4 is 29.7 Å². The van der Waals surface area contributed by atoms with E-state index in [4.69, 9.17) is 21.1 Å². The summed E-state index contributed by atoms with van der Waals surface area (Å²) in [7, 11) is -4.63. The quantitative estimate of drug-likeness (QED) is 0.0335. The number of hydrogen-bond acceptors (Lipinski definition) is 16. The first-order valence-electron chi connectivity index (χ1n) is 30.5. The van der Waals surface area contributed by atoms with Crippen molar-refractivity contribution >= 4 is 78.9 Å². The third-order valence-electron chi connectivity index (χ3n) is 18.6. The normalized spacial score (nSPS) is 21.3. The molecule has 2 aromatic heterocycles. The molecular weight excluding hydrogens is 1160 g/mol. The number of pyridine rings is 1. The summed E-state index contributed by atoms with van der Waals surface area (Å²) in [5.41, 5.74) is 6.73. The van der Waals surface area contributed by atoms with Gasteiger partial charge in [-0.2, -0.15) is 0 Å². The van der Waals surface area contributed by atoms with Gasteiger partial charge in [0.15, 0.2) is 0 Å². The molecule has 21 nitrogen and oxygen atoms in total. The molecule has 6 heterocycles. The molecule has 4 amide bonds. The number of benzene rings is 4. The van der Waals surface area contributed by atoms with Crippen molar-refractivity contribution in [2.24, 2.45) is 11.3 Å². The lowest BCUT2D eigenvalue weighted by Crippen LogP contribution is -2.52. The first-order valence-corrected chi connectivity index (χ1v) is 32.4. The summed E-state index contributed by atoms with van der Waals surface area (Å²) in [5, 5.41) is 19.6. The fraction of sp³-hybridized carbons (Fsp3) is 0.431. The van der Waals surface area contributed by atoms with Gasteiger partial charge >= 0.3 is 0 Å². The molecule has 0 spiro atoms. The molecule has 0 radical (unpaired) electrons. The van der Waals surface area contributed by atoms with Crippen LogP contribution in [-0.2, 0) is 26.2 Å². The zero-order chi connectivity index (χ0) is 61.3. The summed E-state index contributed by atoms with van der Waals surface area (Å²) < 4.78 is 42.8. The van der Waals surface area contributed by atoms with Gasteiger partial charge in [-0.3, -0.25) is 49.3 Å². The van der Waals surface area contributed by atoms with Crippen molar-refractivity contribution in [3.63, 3.8) is 0 Å². The summed E-state index contributed by atoms with van der Waals surface area (Å²) in [6, 6.07) is 25.6. The van der Waals surface area contributed by atoms with E-state index in [-0.39, 0.29) is 53.1 Å². The molecule has 88 heavy (non-hydrogen) atoms. The minimum absolute atomic E-state index is 0.0509. The van der Waals surface area contributed by atoms with Crippen LogP contribution in [0.25, 0.3) is 16.6 Å². The van der Waals surface area contributed by atoms with E-state index in [2.05, 4.69) is 70.9 Å². The number of halogens is 1. The summed E-state index contributed by atoms with van der Waals surface area (Å²) >= 11 is 6.28. The zero-order valence-corrected chi connectivity index (χ0v) is 51.2. The van der Waals surface area contributed by atoms with Gasteiger partial charge in [-0.1, -0.05) is 49.2 Å². The summed E-state index contributed by atoms with van der Waals surface area (Å²) in [5.74, 6) is -0.628. The topological polar surface area (TPSA) is 245 Å². The predicted molar refractivity (Wildman–Crippen MR) is 335 cm³/mol. The lowest BCUT2D eigenvalue weighted by Gasteiger charge is -2.42. The van der Waals surface area contributed by atoms with E-state index in [0.29, 0.717) is 61.4 Å². The van der Waals surface area contributed by atoms with Gasteiger partial charge in [-0.15, -0.1) is 0 Å². The number of piperazine rings is 2. The molecule has 462 valence electrons. The number of aromatic nitrogens is 2. The number of carbonyl (C=O) groups is 4. The summed E-state index contributed by atoms with van der Waals surface area (Å²) in [6.45, 7) is 14.1. The zero-order valence-electron chi connectivity index (χ0n) is 49.6. The van der Waals surface area contributed by atoms with Crippen LogP contribution >= 0.6 is 11.6 Å². The van der Waals surface area contributed by atoms with Crippen LogP contribution in [0.1, 0.15) is 103 Å². The first kappa shape index (κ1) is 60.4. The molecule has 4 N–H and O–H groups in total.